The number of nitrogen functional groups attached to an aromatic ring is 1. The first-order valence-corrected chi connectivity index (χ1v) is 7.26. The fraction of sp³-hybridized carbons (Fsp3) is 0.286. The Balaban J connectivity index is 2.05. The lowest BCUT2D eigenvalue weighted by atomic mass is 10.2. The van der Waals surface area contributed by atoms with E-state index in [2.05, 4.69) is 41.3 Å². The van der Waals surface area contributed by atoms with E-state index in [-0.39, 0.29) is 0 Å². The highest BCUT2D eigenvalue weighted by atomic mass is 32.2. The van der Waals surface area contributed by atoms with E-state index in [1.165, 1.54) is 11.3 Å². The molecule has 0 aliphatic rings. The molecule has 0 amide bonds. The Morgan fingerprint density at radius 2 is 2.11 bits per heavy atom. The van der Waals surface area contributed by atoms with Gasteiger partial charge < -0.3 is 5.73 Å². The van der Waals surface area contributed by atoms with Gasteiger partial charge in [-0.05, 0) is 36.8 Å². The molecule has 1 heterocycles. The lowest BCUT2D eigenvalue weighted by Crippen LogP contribution is -1.96. The van der Waals surface area contributed by atoms with E-state index in [4.69, 9.17) is 5.73 Å². The molecule has 0 unspecified atom stereocenters. The molecule has 0 aliphatic heterocycles. The summed E-state index contributed by atoms with van der Waals surface area (Å²) in [4.78, 5) is 5.38. The van der Waals surface area contributed by atoms with Crippen LogP contribution in [0.2, 0.25) is 0 Å². The average molecular weight is 274 g/mol. The van der Waals surface area contributed by atoms with Gasteiger partial charge in [-0.3, -0.25) is 0 Å². The molecule has 0 fully saturated rings. The van der Waals surface area contributed by atoms with Gasteiger partial charge in [0.15, 0.2) is 0 Å². The predicted molar refractivity (Wildman–Crippen MR) is 81.8 cm³/mol. The van der Waals surface area contributed by atoms with E-state index in [1.54, 1.807) is 17.1 Å². The zero-order valence-electron chi connectivity index (χ0n) is 11.2. The molecule has 2 rings (SSSR count). The summed E-state index contributed by atoms with van der Waals surface area (Å²) in [5.74, 6) is 1.56. The van der Waals surface area contributed by atoms with Crippen molar-refractivity contribution in [3.63, 3.8) is 0 Å². The van der Waals surface area contributed by atoms with Gasteiger partial charge in [-0.25, -0.2) is 9.66 Å². The highest BCUT2D eigenvalue weighted by Crippen LogP contribution is 2.18. The summed E-state index contributed by atoms with van der Waals surface area (Å²) in [6.07, 6.45) is 4.77. The molecule has 0 atom stereocenters. The molecule has 2 aromatic rings. The zero-order chi connectivity index (χ0) is 13.7. The van der Waals surface area contributed by atoms with Gasteiger partial charge in [-0.15, -0.1) is 11.8 Å². The Morgan fingerprint density at radius 3 is 2.68 bits per heavy atom. The predicted octanol–water partition coefficient (Wildman–Crippen LogP) is 3.16. The number of hydrogen-bond donors (Lipinski definition) is 1. The molecule has 4 nitrogen and oxygen atoms in total. The molecular formula is C14H18N4S. The van der Waals surface area contributed by atoms with Crippen LogP contribution in [0.25, 0.3) is 0 Å². The van der Waals surface area contributed by atoms with Gasteiger partial charge in [0, 0.05) is 4.90 Å². The second kappa shape index (κ2) is 6.43. The number of aromatic nitrogens is 2. The fourth-order valence-electron chi connectivity index (χ4n) is 1.60. The Bertz CT molecular complexity index is 557. The standard InChI is InChI=1S/C14H18N4S/c1-3-8-19-13-6-4-12(5-7-13)9-16-18-10-11(2)17-14(18)15/h4-7,9-10H,3,8H2,1-2H3,(H2,15,17). The van der Waals surface area contributed by atoms with Crippen molar-refractivity contribution in [1.82, 2.24) is 9.66 Å². The molecule has 0 saturated carbocycles. The topological polar surface area (TPSA) is 56.2 Å². The molecule has 0 aliphatic carbocycles. The molecule has 0 saturated heterocycles. The molecule has 2 N–H and O–H groups in total. The lowest BCUT2D eigenvalue weighted by Gasteiger charge is -2.00. The van der Waals surface area contributed by atoms with Crippen molar-refractivity contribution >= 4 is 23.9 Å². The van der Waals surface area contributed by atoms with Crippen molar-refractivity contribution in [3.8, 4) is 0 Å². The van der Waals surface area contributed by atoms with Gasteiger partial charge in [0.2, 0.25) is 5.95 Å². The minimum Gasteiger partial charge on any atom is -0.368 e. The van der Waals surface area contributed by atoms with Crippen molar-refractivity contribution in [2.75, 3.05) is 11.5 Å². The van der Waals surface area contributed by atoms with Crippen molar-refractivity contribution < 1.29 is 0 Å². The molecule has 0 spiro atoms. The third kappa shape index (κ3) is 3.86. The van der Waals surface area contributed by atoms with Crippen molar-refractivity contribution in [2.24, 2.45) is 5.10 Å². The van der Waals surface area contributed by atoms with Crippen LogP contribution in [0.15, 0.2) is 40.5 Å². The van der Waals surface area contributed by atoms with Gasteiger partial charge in [0.05, 0.1) is 18.1 Å². The Kier molecular flexibility index (Phi) is 4.63. The summed E-state index contributed by atoms with van der Waals surface area (Å²) in [6, 6.07) is 8.34. The monoisotopic (exact) mass is 274 g/mol. The summed E-state index contributed by atoms with van der Waals surface area (Å²) in [6.45, 7) is 4.08. The molecule has 0 radical (unpaired) electrons. The molecular weight excluding hydrogens is 256 g/mol. The van der Waals surface area contributed by atoms with E-state index in [0.29, 0.717) is 5.95 Å². The highest BCUT2D eigenvalue weighted by molar-refractivity contribution is 7.99. The summed E-state index contributed by atoms with van der Waals surface area (Å²) in [7, 11) is 0. The maximum Gasteiger partial charge on any atom is 0.221 e. The number of thioether (sulfide) groups is 1. The second-order valence-electron chi connectivity index (χ2n) is 4.25. The first kappa shape index (κ1) is 13.7. The largest absolute Gasteiger partial charge is 0.368 e. The number of nitrogens with two attached hydrogens (primary N) is 1. The third-order valence-electron chi connectivity index (χ3n) is 2.52. The summed E-state index contributed by atoms with van der Waals surface area (Å²) >= 11 is 1.87. The minimum atomic E-state index is 0.406. The van der Waals surface area contributed by atoms with Crippen molar-refractivity contribution in [1.29, 1.82) is 0 Å². The quantitative estimate of drug-likeness (QED) is 0.673. The minimum absolute atomic E-state index is 0.406. The van der Waals surface area contributed by atoms with Crippen LogP contribution in [0.5, 0.6) is 0 Å². The first-order valence-electron chi connectivity index (χ1n) is 6.27. The number of benzene rings is 1. The van der Waals surface area contributed by atoms with E-state index >= 15 is 0 Å². The molecule has 0 bridgehead atoms. The maximum atomic E-state index is 5.72. The van der Waals surface area contributed by atoms with Gasteiger partial charge in [-0.2, -0.15) is 5.10 Å². The van der Waals surface area contributed by atoms with Crippen LogP contribution in [0.4, 0.5) is 5.95 Å². The van der Waals surface area contributed by atoms with Crippen LogP contribution < -0.4 is 5.73 Å². The van der Waals surface area contributed by atoms with Crippen LogP contribution in [-0.2, 0) is 0 Å². The zero-order valence-corrected chi connectivity index (χ0v) is 12.0. The maximum absolute atomic E-state index is 5.72. The Morgan fingerprint density at radius 1 is 1.37 bits per heavy atom. The van der Waals surface area contributed by atoms with E-state index in [1.807, 2.05) is 18.7 Å². The molecule has 19 heavy (non-hydrogen) atoms. The lowest BCUT2D eigenvalue weighted by molar-refractivity contribution is 0.897. The average Bonchev–Trinajstić information content (AvgIpc) is 2.73. The number of anilines is 1. The number of aryl methyl sites for hydroxylation is 1. The van der Waals surface area contributed by atoms with Gasteiger partial charge in [0.25, 0.3) is 0 Å². The Hall–Kier alpha value is -1.75. The highest BCUT2D eigenvalue weighted by Gasteiger charge is 1.98. The van der Waals surface area contributed by atoms with Crippen LogP contribution in [0.1, 0.15) is 24.6 Å². The Labute approximate surface area is 117 Å². The van der Waals surface area contributed by atoms with E-state index < -0.39 is 0 Å². The van der Waals surface area contributed by atoms with Crippen molar-refractivity contribution in [2.45, 2.75) is 25.2 Å². The van der Waals surface area contributed by atoms with Gasteiger partial charge in [0.1, 0.15) is 0 Å². The smallest absolute Gasteiger partial charge is 0.221 e. The van der Waals surface area contributed by atoms with Crippen molar-refractivity contribution in [3.05, 3.63) is 41.7 Å². The molecule has 5 heteroatoms. The van der Waals surface area contributed by atoms with Gasteiger partial charge >= 0.3 is 0 Å². The molecule has 1 aromatic carbocycles. The summed E-state index contributed by atoms with van der Waals surface area (Å²) in [5.41, 5.74) is 7.63. The van der Waals surface area contributed by atoms with Crippen LogP contribution >= 0.6 is 11.8 Å². The van der Waals surface area contributed by atoms with E-state index in [0.717, 1.165) is 17.0 Å². The van der Waals surface area contributed by atoms with Gasteiger partial charge in [-0.1, -0.05) is 19.1 Å². The summed E-state index contributed by atoms with van der Waals surface area (Å²) in [5, 5.41) is 4.29. The van der Waals surface area contributed by atoms with Crippen LogP contribution in [0.3, 0.4) is 0 Å². The molecule has 100 valence electrons. The van der Waals surface area contributed by atoms with E-state index in [9.17, 15) is 0 Å². The number of nitrogens with zero attached hydrogens (tertiary/aromatic N) is 3. The summed E-state index contributed by atoms with van der Waals surface area (Å²) < 4.78 is 1.58. The van der Waals surface area contributed by atoms with Crippen LogP contribution in [-0.4, -0.2) is 21.6 Å². The normalized spacial score (nSPS) is 11.3. The number of imidazole rings is 1. The first-order chi connectivity index (χ1) is 9.19. The fourth-order valence-corrected chi connectivity index (χ4v) is 2.36. The van der Waals surface area contributed by atoms with Crippen LogP contribution in [0, 0.1) is 6.92 Å². The third-order valence-corrected chi connectivity index (χ3v) is 3.74. The SMILES string of the molecule is CCCSc1ccc(C=Nn2cc(C)nc2N)cc1. The second-order valence-corrected chi connectivity index (χ2v) is 5.42. The molecule has 1 aromatic heterocycles. The number of hydrogen-bond acceptors (Lipinski definition) is 4. The number of rotatable bonds is 5.